The number of rotatable bonds is 4. The average Bonchev–Trinajstić information content (AvgIpc) is 3.50. The first-order chi connectivity index (χ1) is 17.2. The molecule has 36 heavy (non-hydrogen) atoms. The van der Waals surface area contributed by atoms with Crippen molar-refractivity contribution in [2.45, 2.75) is 31.4 Å². The van der Waals surface area contributed by atoms with Crippen molar-refractivity contribution in [3.63, 3.8) is 0 Å². The third-order valence-electron chi connectivity index (χ3n) is 6.37. The molecule has 1 aromatic carbocycles. The van der Waals surface area contributed by atoms with E-state index in [2.05, 4.69) is 32.2 Å². The smallest absolute Gasteiger partial charge is 0.242 e. The van der Waals surface area contributed by atoms with E-state index in [0.29, 0.717) is 37.8 Å². The van der Waals surface area contributed by atoms with Crippen LogP contribution in [-0.4, -0.2) is 65.1 Å². The van der Waals surface area contributed by atoms with Crippen molar-refractivity contribution in [3.8, 4) is 5.69 Å². The Labute approximate surface area is 218 Å². The van der Waals surface area contributed by atoms with Crippen molar-refractivity contribution in [2.24, 2.45) is 0 Å². The van der Waals surface area contributed by atoms with Crippen LogP contribution in [0.2, 0.25) is 0 Å². The standard InChI is InChI=1S/C26H29FN4O3S2/c1-26(2,3)24-22-23(17-8-13-35-15-17)36-16-21(33)30(14-20(32)29-9-11-34-12-10-29)25(22)31(28-24)19-6-4-18(27)5-7-19/h4-8,13,15,23H,9-12,14,16H2,1-3H3. The van der Waals surface area contributed by atoms with Gasteiger partial charge in [-0.3, -0.25) is 14.5 Å². The monoisotopic (exact) mass is 528 g/mol. The molecule has 1 atom stereocenters. The fraction of sp³-hybridized carbons (Fsp3) is 0.423. The molecule has 0 saturated carbocycles. The molecule has 0 N–H and O–H groups in total. The molecule has 0 radical (unpaired) electrons. The predicted molar refractivity (Wildman–Crippen MR) is 141 cm³/mol. The molecule has 1 fully saturated rings. The van der Waals surface area contributed by atoms with E-state index in [1.54, 1.807) is 49.7 Å². The predicted octanol–water partition coefficient (Wildman–Crippen LogP) is 4.40. The minimum absolute atomic E-state index is 0.0841. The summed E-state index contributed by atoms with van der Waals surface area (Å²) in [6.45, 7) is 8.18. The highest BCUT2D eigenvalue weighted by molar-refractivity contribution is 8.00. The lowest BCUT2D eigenvalue weighted by Crippen LogP contribution is -2.48. The minimum atomic E-state index is -0.352. The largest absolute Gasteiger partial charge is 0.378 e. The van der Waals surface area contributed by atoms with E-state index in [1.807, 2.05) is 5.38 Å². The Morgan fingerprint density at radius 1 is 1.17 bits per heavy atom. The van der Waals surface area contributed by atoms with E-state index in [4.69, 9.17) is 9.84 Å². The second-order valence-corrected chi connectivity index (χ2v) is 11.8. The highest BCUT2D eigenvalue weighted by atomic mass is 32.2. The molecule has 1 saturated heterocycles. The average molecular weight is 529 g/mol. The minimum Gasteiger partial charge on any atom is -0.378 e. The number of anilines is 1. The van der Waals surface area contributed by atoms with Gasteiger partial charge < -0.3 is 9.64 Å². The van der Waals surface area contributed by atoms with Gasteiger partial charge in [0.15, 0.2) is 0 Å². The van der Waals surface area contributed by atoms with Crippen LogP contribution in [0.15, 0.2) is 41.1 Å². The zero-order valence-electron chi connectivity index (χ0n) is 20.6. The van der Waals surface area contributed by atoms with Gasteiger partial charge in [0, 0.05) is 24.1 Å². The number of thiophene rings is 1. The number of carbonyl (C=O) groups is 2. The van der Waals surface area contributed by atoms with Gasteiger partial charge in [-0.05, 0) is 46.7 Å². The fourth-order valence-corrected chi connectivity index (χ4v) is 6.53. The molecule has 0 bridgehead atoms. The summed E-state index contributed by atoms with van der Waals surface area (Å²) in [7, 11) is 0. The summed E-state index contributed by atoms with van der Waals surface area (Å²) >= 11 is 3.17. The SMILES string of the molecule is CC(C)(C)c1nn(-c2ccc(F)cc2)c2c1C(c1ccsc1)SCC(=O)N2CC(=O)N1CCOCC1. The quantitative estimate of drug-likeness (QED) is 0.502. The topological polar surface area (TPSA) is 67.7 Å². The van der Waals surface area contributed by atoms with E-state index in [1.165, 1.54) is 12.1 Å². The van der Waals surface area contributed by atoms with Crippen LogP contribution in [0.5, 0.6) is 0 Å². The maximum Gasteiger partial charge on any atom is 0.242 e. The molecule has 0 spiro atoms. The number of hydrogen-bond donors (Lipinski definition) is 0. The lowest BCUT2D eigenvalue weighted by Gasteiger charge is -2.30. The molecule has 2 aliphatic rings. The number of thioether (sulfide) groups is 1. The number of amides is 2. The second kappa shape index (κ2) is 9.99. The Hall–Kier alpha value is -2.69. The van der Waals surface area contributed by atoms with Gasteiger partial charge in [0.2, 0.25) is 11.8 Å². The van der Waals surface area contributed by atoms with Crippen LogP contribution >= 0.6 is 23.1 Å². The van der Waals surface area contributed by atoms with Gasteiger partial charge in [0.1, 0.15) is 18.2 Å². The maximum atomic E-state index is 13.8. The number of carbonyl (C=O) groups excluding carboxylic acids is 2. The summed E-state index contributed by atoms with van der Waals surface area (Å²) < 4.78 is 20.9. The Balaban J connectivity index is 1.70. The Morgan fingerprint density at radius 2 is 1.89 bits per heavy atom. The Kier molecular flexibility index (Phi) is 6.93. The van der Waals surface area contributed by atoms with Gasteiger partial charge >= 0.3 is 0 Å². The summed E-state index contributed by atoms with van der Waals surface area (Å²) in [5.74, 6) is 0.193. The summed E-state index contributed by atoms with van der Waals surface area (Å²) in [5.41, 5.74) is 3.18. The number of nitrogens with zero attached hydrogens (tertiary/aromatic N) is 4. The number of halogens is 1. The zero-order chi connectivity index (χ0) is 25.4. The van der Waals surface area contributed by atoms with Crippen molar-refractivity contribution in [1.82, 2.24) is 14.7 Å². The van der Waals surface area contributed by atoms with Crippen molar-refractivity contribution >= 4 is 40.7 Å². The van der Waals surface area contributed by atoms with E-state index >= 15 is 0 Å². The van der Waals surface area contributed by atoms with Crippen molar-refractivity contribution in [2.75, 3.05) is 43.5 Å². The lowest BCUT2D eigenvalue weighted by atomic mass is 9.87. The van der Waals surface area contributed by atoms with E-state index in [9.17, 15) is 14.0 Å². The highest BCUT2D eigenvalue weighted by Gasteiger charge is 2.40. The zero-order valence-corrected chi connectivity index (χ0v) is 22.2. The van der Waals surface area contributed by atoms with Crippen LogP contribution in [0.4, 0.5) is 10.2 Å². The summed E-state index contributed by atoms with van der Waals surface area (Å²) in [5, 5.41) is 9.02. The molecule has 190 valence electrons. The highest BCUT2D eigenvalue weighted by Crippen LogP contribution is 2.48. The van der Waals surface area contributed by atoms with Gasteiger partial charge in [-0.15, -0.1) is 11.8 Å². The molecule has 2 aromatic heterocycles. The van der Waals surface area contributed by atoms with Crippen molar-refractivity contribution < 1.29 is 18.7 Å². The first-order valence-electron chi connectivity index (χ1n) is 11.9. The number of ether oxygens (including phenoxy) is 1. The van der Waals surface area contributed by atoms with Crippen LogP contribution in [-0.2, 0) is 19.7 Å². The molecule has 0 aliphatic carbocycles. The van der Waals surface area contributed by atoms with Crippen LogP contribution in [0.1, 0.15) is 42.8 Å². The molecule has 4 heterocycles. The first-order valence-corrected chi connectivity index (χ1v) is 13.9. The van der Waals surface area contributed by atoms with Gasteiger partial charge in [-0.25, -0.2) is 9.07 Å². The number of morpholine rings is 1. The molecule has 2 aliphatic heterocycles. The fourth-order valence-electron chi connectivity index (χ4n) is 4.57. The molecule has 5 rings (SSSR count). The summed E-state index contributed by atoms with van der Waals surface area (Å²) in [4.78, 5) is 30.3. The van der Waals surface area contributed by atoms with Gasteiger partial charge in [0.05, 0.1) is 35.6 Å². The van der Waals surface area contributed by atoms with Gasteiger partial charge in [-0.1, -0.05) is 20.8 Å². The van der Waals surface area contributed by atoms with Crippen LogP contribution in [0, 0.1) is 5.82 Å². The van der Waals surface area contributed by atoms with Crippen LogP contribution < -0.4 is 4.90 Å². The second-order valence-electron chi connectivity index (χ2n) is 9.94. The third kappa shape index (κ3) is 4.81. The lowest BCUT2D eigenvalue weighted by molar-refractivity contribution is -0.134. The third-order valence-corrected chi connectivity index (χ3v) is 8.33. The molecule has 2 amide bonds. The molecular weight excluding hydrogens is 499 g/mol. The van der Waals surface area contributed by atoms with Gasteiger partial charge in [-0.2, -0.15) is 16.4 Å². The Morgan fingerprint density at radius 3 is 2.53 bits per heavy atom. The number of aromatic nitrogens is 2. The molecule has 10 heteroatoms. The van der Waals surface area contributed by atoms with E-state index in [0.717, 1.165) is 16.8 Å². The van der Waals surface area contributed by atoms with Crippen LogP contribution in [0.3, 0.4) is 0 Å². The van der Waals surface area contributed by atoms with Crippen LogP contribution in [0.25, 0.3) is 5.69 Å². The number of hydrogen-bond acceptors (Lipinski definition) is 6. The van der Waals surface area contributed by atoms with Crippen molar-refractivity contribution in [3.05, 3.63) is 63.7 Å². The number of benzene rings is 1. The number of fused-ring (bicyclic) bond motifs is 1. The molecule has 7 nitrogen and oxygen atoms in total. The van der Waals surface area contributed by atoms with Crippen molar-refractivity contribution in [1.29, 1.82) is 0 Å². The van der Waals surface area contributed by atoms with E-state index < -0.39 is 0 Å². The maximum absolute atomic E-state index is 13.8. The summed E-state index contributed by atoms with van der Waals surface area (Å²) in [6.07, 6.45) is 0. The Bertz CT molecular complexity index is 1250. The molecular formula is C26H29FN4O3S2. The normalized spacial score (nSPS) is 18.8. The summed E-state index contributed by atoms with van der Waals surface area (Å²) in [6, 6.07) is 8.14. The molecule has 3 aromatic rings. The molecule has 1 unspecified atom stereocenters. The first kappa shape index (κ1) is 25.0. The van der Waals surface area contributed by atoms with Gasteiger partial charge in [0.25, 0.3) is 0 Å². The van der Waals surface area contributed by atoms with E-state index in [-0.39, 0.29) is 40.6 Å².